The van der Waals surface area contributed by atoms with Crippen molar-refractivity contribution < 1.29 is 5.11 Å². The second-order valence-corrected chi connectivity index (χ2v) is 5.34. The first kappa shape index (κ1) is 10.4. The predicted octanol–water partition coefficient (Wildman–Crippen LogP) is 2.07. The first-order valence-electron chi connectivity index (χ1n) is 6.15. The summed E-state index contributed by atoms with van der Waals surface area (Å²) in [4.78, 5) is 0. The lowest BCUT2D eigenvalue weighted by atomic mass is 9.94. The Morgan fingerprint density at radius 3 is 2.29 bits per heavy atom. The third kappa shape index (κ3) is 2.71. The van der Waals surface area contributed by atoms with Gasteiger partial charge >= 0.3 is 0 Å². The van der Waals surface area contributed by atoms with Crippen LogP contribution >= 0.6 is 0 Å². The molecule has 2 aliphatic carbocycles. The fraction of sp³-hybridized carbons (Fsp3) is 1.00. The molecule has 14 heavy (non-hydrogen) atoms. The Bertz CT molecular complexity index is 185. The molecular formula is C12H23NO. The molecule has 2 unspecified atom stereocenters. The summed E-state index contributed by atoms with van der Waals surface area (Å²) in [5, 5.41) is 13.8. The van der Waals surface area contributed by atoms with E-state index in [1.165, 1.54) is 32.1 Å². The Kier molecular flexibility index (Phi) is 3.13. The van der Waals surface area contributed by atoms with E-state index in [0.29, 0.717) is 6.04 Å². The average molecular weight is 197 g/mol. The number of nitrogens with one attached hydrogen (secondary N) is 1. The Morgan fingerprint density at radius 2 is 1.79 bits per heavy atom. The molecule has 2 fully saturated rings. The van der Waals surface area contributed by atoms with E-state index in [9.17, 15) is 5.11 Å². The van der Waals surface area contributed by atoms with Gasteiger partial charge in [0.05, 0.1) is 5.60 Å². The first-order chi connectivity index (χ1) is 6.70. The maximum absolute atomic E-state index is 10.4. The van der Waals surface area contributed by atoms with E-state index in [-0.39, 0.29) is 0 Å². The van der Waals surface area contributed by atoms with Crippen LogP contribution in [0.5, 0.6) is 0 Å². The van der Waals surface area contributed by atoms with Gasteiger partial charge in [-0.1, -0.05) is 32.6 Å². The Morgan fingerprint density at radius 1 is 1.21 bits per heavy atom. The van der Waals surface area contributed by atoms with Crippen molar-refractivity contribution in [3.8, 4) is 0 Å². The van der Waals surface area contributed by atoms with Crippen molar-refractivity contribution in [2.24, 2.45) is 5.92 Å². The van der Waals surface area contributed by atoms with Crippen LogP contribution in [0.3, 0.4) is 0 Å². The van der Waals surface area contributed by atoms with Gasteiger partial charge in [0, 0.05) is 12.6 Å². The minimum atomic E-state index is -0.390. The van der Waals surface area contributed by atoms with Crippen LogP contribution in [0.4, 0.5) is 0 Å². The quantitative estimate of drug-likeness (QED) is 0.679. The molecular weight excluding hydrogens is 174 g/mol. The maximum Gasteiger partial charge on any atom is 0.0771 e. The fourth-order valence-electron chi connectivity index (χ4n) is 2.49. The van der Waals surface area contributed by atoms with Gasteiger partial charge in [0.1, 0.15) is 0 Å². The fourth-order valence-corrected chi connectivity index (χ4v) is 2.49. The Labute approximate surface area is 87.1 Å². The topological polar surface area (TPSA) is 32.3 Å². The van der Waals surface area contributed by atoms with Crippen LogP contribution in [-0.2, 0) is 0 Å². The number of rotatable bonds is 3. The normalized spacial score (nSPS) is 36.4. The van der Waals surface area contributed by atoms with Gasteiger partial charge < -0.3 is 10.4 Å². The molecule has 2 saturated carbocycles. The molecule has 82 valence electrons. The number of hydrogen-bond donors (Lipinski definition) is 2. The Hall–Kier alpha value is -0.0800. The highest BCUT2D eigenvalue weighted by Gasteiger charge is 2.35. The van der Waals surface area contributed by atoms with Crippen molar-refractivity contribution in [2.45, 2.75) is 63.5 Å². The van der Waals surface area contributed by atoms with Crippen LogP contribution in [0, 0.1) is 5.92 Å². The summed E-state index contributed by atoms with van der Waals surface area (Å²) in [5.74, 6) is 0.837. The van der Waals surface area contributed by atoms with Gasteiger partial charge in [-0.25, -0.2) is 0 Å². The van der Waals surface area contributed by atoms with Crippen LogP contribution in [0.1, 0.15) is 51.9 Å². The summed E-state index contributed by atoms with van der Waals surface area (Å²) in [5.41, 5.74) is -0.390. The molecule has 0 aliphatic heterocycles. The molecule has 2 nitrogen and oxygen atoms in total. The molecule has 0 aromatic carbocycles. The SMILES string of the molecule is CC1CC1NCC1(O)CCCCCC1. The van der Waals surface area contributed by atoms with Gasteiger partial charge in [-0.15, -0.1) is 0 Å². The number of hydrogen-bond acceptors (Lipinski definition) is 2. The van der Waals surface area contributed by atoms with Gasteiger partial charge in [0.15, 0.2) is 0 Å². The molecule has 0 radical (unpaired) electrons. The second kappa shape index (κ2) is 4.19. The first-order valence-corrected chi connectivity index (χ1v) is 6.15. The lowest BCUT2D eigenvalue weighted by molar-refractivity contribution is 0.0247. The summed E-state index contributed by atoms with van der Waals surface area (Å²) < 4.78 is 0. The summed E-state index contributed by atoms with van der Waals surface area (Å²) in [6.45, 7) is 3.09. The van der Waals surface area contributed by atoms with Crippen LogP contribution in [-0.4, -0.2) is 23.3 Å². The molecule has 0 spiro atoms. The molecule has 2 aliphatic rings. The zero-order valence-corrected chi connectivity index (χ0v) is 9.26. The van der Waals surface area contributed by atoms with E-state index < -0.39 is 5.60 Å². The summed E-state index contributed by atoms with van der Waals surface area (Å²) in [6, 6.07) is 0.697. The largest absolute Gasteiger partial charge is 0.389 e. The highest BCUT2D eigenvalue weighted by Crippen LogP contribution is 2.31. The highest BCUT2D eigenvalue weighted by atomic mass is 16.3. The third-order valence-electron chi connectivity index (χ3n) is 3.84. The van der Waals surface area contributed by atoms with Crippen molar-refractivity contribution in [3.05, 3.63) is 0 Å². The van der Waals surface area contributed by atoms with E-state index in [4.69, 9.17) is 0 Å². The molecule has 0 aromatic rings. The van der Waals surface area contributed by atoms with E-state index in [1.54, 1.807) is 0 Å². The molecule has 0 bridgehead atoms. The maximum atomic E-state index is 10.4. The zero-order valence-electron chi connectivity index (χ0n) is 9.26. The minimum Gasteiger partial charge on any atom is -0.389 e. The molecule has 0 saturated heterocycles. The summed E-state index contributed by atoms with van der Waals surface area (Å²) in [6.07, 6.45) is 8.33. The van der Waals surface area contributed by atoms with Crippen molar-refractivity contribution in [3.63, 3.8) is 0 Å². The van der Waals surface area contributed by atoms with E-state index in [1.807, 2.05) is 0 Å². The summed E-state index contributed by atoms with van der Waals surface area (Å²) >= 11 is 0. The van der Waals surface area contributed by atoms with Crippen molar-refractivity contribution >= 4 is 0 Å². The van der Waals surface area contributed by atoms with Crippen molar-refractivity contribution in [1.29, 1.82) is 0 Å². The Balaban J connectivity index is 1.75. The molecule has 0 aromatic heterocycles. The van der Waals surface area contributed by atoms with Crippen LogP contribution in [0.25, 0.3) is 0 Å². The van der Waals surface area contributed by atoms with E-state index in [0.717, 1.165) is 25.3 Å². The lowest BCUT2D eigenvalue weighted by Crippen LogP contribution is -2.41. The van der Waals surface area contributed by atoms with Gasteiger partial charge in [-0.3, -0.25) is 0 Å². The van der Waals surface area contributed by atoms with Crippen molar-refractivity contribution in [2.75, 3.05) is 6.54 Å². The van der Waals surface area contributed by atoms with Gasteiger partial charge in [-0.2, -0.15) is 0 Å². The van der Waals surface area contributed by atoms with Crippen LogP contribution < -0.4 is 5.32 Å². The van der Waals surface area contributed by atoms with Crippen LogP contribution in [0.2, 0.25) is 0 Å². The predicted molar refractivity (Wildman–Crippen MR) is 58.2 cm³/mol. The van der Waals surface area contributed by atoms with Gasteiger partial charge in [0.25, 0.3) is 0 Å². The molecule has 0 heterocycles. The monoisotopic (exact) mass is 197 g/mol. The third-order valence-corrected chi connectivity index (χ3v) is 3.84. The number of aliphatic hydroxyl groups is 1. The zero-order chi connectivity index (χ0) is 10.0. The minimum absolute atomic E-state index is 0.390. The lowest BCUT2D eigenvalue weighted by Gasteiger charge is -2.27. The molecule has 0 amide bonds. The highest BCUT2D eigenvalue weighted by molar-refractivity contribution is 4.93. The molecule has 2 N–H and O–H groups in total. The van der Waals surface area contributed by atoms with E-state index >= 15 is 0 Å². The molecule has 2 rings (SSSR count). The van der Waals surface area contributed by atoms with Crippen molar-refractivity contribution in [1.82, 2.24) is 5.32 Å². The smallest absolute Gasteiger partial charge is 0.0771 e. The van der Waals surface area contributed by atoms with Gasteiger partial charge in [-0.05, 0) is 25.2 Å². The second-order valence-electron chi connectivity index (χ2n) is 5.34. The average Bonchev–Trinajstić information content (AvgIpc) is 2.88. The van der Waals surface area contributed by atoms with Gasteiger partial charge in [0.2, 0.25) is 0 Å². The molecule has 2 heteroatoms. The van der Waals surface area contributed by atoms with E-state index in [2.05, 4.69) is 12.2 Å². The standard InChI is InChI=1S/C12H23NO/c1-10-8-11(10)13-9-12(14)6-4-2-3-5-7-12/h10-11,13-14H,2-9H2,1H3. The van der Waals surface area contributed by atoms with Crippen LogP contribution in [0.15, 0.2) is 0 Å². The molecule has 2 atom stereocenters. The summed E-state index contributed by atoms with van der Waals surface area (Å²) in [7, 11) is 0.